The monoisotopic (exact) mass is 372 g/mol. The van der Waals surface area contributed by atoms with E-state index in [1.165, 1.54) is 6.07 Å². The van der Waals surface area contributed by atoms with Gasteiger partial charge in [0.25, 0.3) is 10.0 Å². The summed E-state index contributed by atoms with van der Waals surface area (Å²) >= 11 is 0. The number of amides is 1. The first kappa shape index (κ1) is 18.7. The highest BCUT2D eigenvalue weighted by Crippen LogP contribution is 2.22. The summed E-state index contributed by atoms with van der Waals surface area (Å²) in [5, 5.41) is 3.19. The Morgan fingerprint density at radius 3 is 2.92 bits per heavy atom. The van der Waals surface area contributed by atoms with E-state index in [1.54, 1.807) is 23.1 Å². The van der Waals surface area contributed by atoms with Crippen LogP contribution in [0.1, 0.15) is 18.4 Å². The maximum Gasteiger partial charge on any atom is 0.263 e. The molecule has 1 atom stereocenters. The number of benzene rings is 1. The van der Waals surface area contributed by atoms with Crippen molar-refractivity contribution in [2.45, 2.75) is 23.8 Å². The summed E-state index contributed by atoms with van der Waals surface area (Å²) in [6, 6.07) is 6.95. The van der Waals surface area contributed by atoms with Crippen LogP contribution in [0.3, 0.4) is 0 Å². The molecule has 3 rings (SSSR count). The van der Waals surface area contributed by atoms with Crippen LogP contribution in [0.2, 0.25) is 0 Å². The van der Waals surface area contributed by atoms with E-state index in [4.69, 9.17) is 0 Å². The molecule has 2 aliphatic rings. The van der Waals surface area contributed by atoms with Crippen LogP contribution in [0.4, 0.5) is 0 Å². The van der Waals surface area contributed by atoms with E-state index in [-0.39, 0.29) is 35.6 Å². The zero-order valence-electron chi connectivity index (χ0n) is 13.4. The number of halogens is 1. The number of sulfonamides is 1. The highest BCUT2D eigenvalue weighted by Gasteiger charge is 2.30. The van der Waals surface area contributed by atoms with E-state index in [0.29, 0.717) is 18.2 Å². The number of hydrogen-bond acceptors (Lipinski definition) is 5. The normalized spacial score (nSPS) is 23.3. The minimum Gasteiger partial charge on any atom is -0.340 e. The van der Waals surface area contributed by atoms with E-state index >= 15 is 0 Å². The molecule has 24 heavy (non-hydrogen) atoms. The fourth-order valence-electron chi connectivity index (χ4n) is 2.94. The molecule has 1 fully saturated rings. The third-order valence-corrected chi connectivity index (χ3v) is 5.61. The van der Waals surface area contributed by atoms with Gasteiger partial charge in [0.1, 0.15) is 12.4 Å². The lowest BCUT2D eigenvalue weighted by atomic mass is 10.1. The number of nitrogens with one attached hydrogen (secondary N) is 2. The molecular formula is C15H21ClN4O3S. The number of amidine groups is 1. The van der Waals surface area contributed by atoms with Crippen molar-refractivity contribution in [3.05, 3.63) is 29.8 Å². The average Bonchev–Trinajstić information content (AvgIpc) is 2.84. The number of nitrogens with zero attached hydrogens (tertiary/aromatic N) is 2. The molecule has 1 aromatic carbocycles. The first-order valence-corrected chi connectivity index (χ1v) is 9.11. The van der Waals surface area contributed by atoms with Gasteiger partial charge in [-0.1, -0.05) is 12.1 Å². The van der Waals surface area contributed by atoms with Crippen molar-refractivity contribution >= 4 is 34.2 Å². The Kier molecular flexibility index (Phi) is 5.84. The van der Waals surface area contributed by atoms with E-state index < -0.39 is 10.0 Å². The minimum atomic E-state index is -3.56. The third-order valence-electron chi connectivity index (χ3n) is 4.22. The molecule has 0 spiro atoms. The van der Waals surface area contributed by atoms with Crippen LogP contribution in [0.5, 0.6) is 0 Å². The van der Waals surface area contributed by atoms with Crippen LogP contribution in [0, 0.1) is 0 Å². The topological polar surface area (TPSA) is 90.9 Å². The molecule has 0 bridgehead atoms. The molecule has 2 aliphatic heterocycles. The van der Waals surface area contributed by atoms with Crippen molar-refractivity contribution in [3.63, 3.8) is 0 Å². The first-order chi connectivity index (χ1) is 11.0. The molecular weight excluding hydrogens is 352 g/mol. The molecule has 2 heterocycles. The van der Waals surface area contributed by atoms with Crippen molar-refractivity contribution in [2.24, 2.45) is 4.99 Å². The van der Waals surface area contributed by atoms with Gasteiger partial charge in [0.2, 0.25) is 5.91 Å². The number of rotatable bonds is 3. The average molecular weight is 373 g/mol. The number of fused-ring (bicyclic) bond motifs is 1. The molecule has 7 nitrogen and oxygen atoms in total. The van der Waals surface area contributed by atoms with E-state index in [0.717, 1.165) is 19.4 Å². The second kappa shape index (κ2) is 7.50. The molecule has 2 N–H and O–H groups in total. The van der Waals surface area contributed by atoms with Crippen molar-refractivity contribution in [2.75, 3.05) is 26.7 Å². The van der Waals surface area contributed by atoms with Crippen LogP contribution >= 0.6 is 12.4 Å². The van der Waals surface area contributed by atoms with Gasteiger partial charge in [0.15, 0.2) is 0 Å². The highest BCUT2D eigenvalue weighted by atomic mass is 35.5. The summed E-state index contributed by atoms with van der Waals surface area (Å²) in [4.78, 5) is 18.5. The molecule has 1 amide bonds. The Bertz CT molecular complexity index is 751. The van der Waals surface area contributed by atoms with Crippen molar-refractivity contribution in [3.8, 4) is 0 Å². The number of likely N-dealkylation sites (tertiary alicyclic amines) is 1. The molecule has 0 saturated carbocycles. The third kappa shape index (κ3) is 3.71. The SMILES string of the molecule is CNC1CCCN(C(=O)CN=C2NS(=O)(=O)c3ccccc32)C1.Cl. The van der Waals surface area contributed by atoms with Gasteiger partial charge in [0.05, 0.1) is 4.90 Å². The maximum atomic E-state index is 12.3. The lowest BCUT2D eigenvalue weighted by molar-refractivity contribution is -0.130. The van der Waals surface area contributed by atoms with Gasteiger partial charge in [-0.25, -0.2) is 8.42 Å². The van der Waals surface area contributed by atoms with Crippen LogP contribution in [-0.4, -0.2) is 57.8 Å². The van der Waals surface area contributed by atoms with Crippen molar-refractivity contribution < 1.29 is 13.2 Å². The predicted molar refractivity (Wildman–Crippen MR) is 94.1 cm³/mol. The van der Waals surface area contributed by atoms with Crippen LogP contribution in [-0.2, 0) is 14.8 Å². The number of aliphatic imine (C=N–C) groups is 1. The maximum absolute atomic E-state index is 12.3. The Labute approximate surface area is 148 Å². The number of likely N-dealkylation sites (N-methyl/N-ethyl adjacent to an activating group) is 1. The van der Waals surface area contributed by atoms with Gasteiger partial charge in [0, 0.05) is 24.7 Å². The molecule has 0 aromatic heterocycles. The molecule has 132 valence electrons. The number of carbonyl (C=O) groups is 1. The Hall–Kier alpha value is -1.64. The van der Waals surface area contributed by atoms with Gasteiger partial charge < -0.3 is 10.2 Å². The molecule has 0 radical (unpaired) electrons. The zero-order valence-corrected chi connectivity index (χ0v) is 15.0. The Morgan fingerprint density at radius 2 is 2.17 bits per heavy atom. The zero-order chi connectivity index (χ0) is 16.4. The van der Waals surface area contributed by atoms with Gasteiger partial charge >= 0.3 is 0 Å². The largest absolute Gasteiger partial charge is 0.340 e. The number of hydrogen-bond donors (Lipinski definition) is 2. The molecule has 0 aliphatic carbocycles. The molecule has 1 saturated heterocycles. The smallest absolute Gasteiger partial charge is 0.263 e. The van der Waals surface area contributed by atoms with E-state index in [2.05, 4.69) is 15.0 Å². The fraction of sp³-hybridized carbons (Fsp3) is 0.467. The second-order valence-electron chi connectivity index (χ2n) is 5.73. The van der Waals surface area contributed by atoms with E-state index in [9.17, 15) is 13.2 Å². The van der Waals surface area contributed by atoms with E-state index in [1.807, 2.05) is 7.05 Å². The summed E-state index contributed by atoms with van der Waals surface area (Å²) in [7, 11) is -1.66. The van der Waals surface area contributed by atoms with Gasteiger partial charge in [-0.2, -0.15) is 0 Å². The lowest BCUT2D eigenvalue weighted by Crippen LogP contribution is -2.47. The van der Waals surface area contributed by atoms with Gasteiger partial charge in [-0.15, -0.1) is 12.4 Å². The van der Waals surface area contributed by atoms with Gasteiger partial charge in [-0.3, -0.25) is 14.5 Å². The Morgan fingerprint density at radius 1 is 1.42 bits per heavy atom. The van der Waals surface area contributed by atoms with Crippen LogP contribution < -0.4 is 10.0 Å². The number of carbonyl (C=O) groups excluding carboxylic acids is 1. The predicted octanol–water partition coefficient (Wildman–Crippen LogP) is 0.357. The van der Waals surface area contributed by atoms with Crippen LogP contribution in [0.25, 0.3) is 0 Å². The summed E-state index contributed by atoms with van der Waals surface area (Å²) in [6.45, 7) is 1.34. The first-order valence-electron chi connectivity index (χ1n) is 7.63. The minimum absolute atomic E-state index is 0. The quantitative estimate of drug-likeness (QED) is 0.801. The van der Waals surface area contributed by atoms with Crippen molar-refractivity contribution in [1.82, 2.24) is 14.9 Å². The second-order valence-corrected chi connectivity index (χ2v) is 7.38. The molecule has 1 aromatic rings. The molecule has 9 heteroatoms. The number of piperidine rings is 1. The lowest BCUT2D eigenvalue weighted by Gasteiger charge is -2.32. The van der Waals surface area contributed by atoms with Gasteiger partial charge in [-0.05, 0) is 32.0 Å². The standard InChI is InChI=1S/C15H20N4O3S.ClH/c1-16-11-5-4-8-19(10-11)14(20)9-17-15-12-6-2-3-7-13(12)23(21,22)18-15;/h2-3,6-7,11,16H,4-5,8-10H2,1H3,(H,17,18);1H. The highest BCUT2D eigenvalue weighted by molar-refractivity contribution is 7.90. The summed E-state index contributed by atoms with van der Waals surface area (Å²) in [5.74, 6) is 0.164. The van der Waals surface area contributed by atoms with Crippen molar-refractivity contribution in [1.29, 1.82) is 0 Å². The van der Waals surface area contributed by atoms with Crippen LogP contribution in [0.15, 0.2) is 34.2 Å². The summed E-state index contributed by atoms with van der Waals surface area (Å²) in [6.07, 6.45) is 2.02. The fourth-order valence-corrected chi connectivity index (χ4v) is 4.19. The summed E-state index contributed by atoms with van der Waals surface area (Å²) in [5.41, 5.74) is 0.520. The Balaban J connectivity index is 0.00000208. The summed E-state index contributed by atoms with van der Waals surface area (Å²) < 4.78 is 26.4. The molecule has 1 unspecified atom stereocenters.